The van der Waals surface area contributed by atoms with E-state index < -0.39 is 0 Å². The van der Waals surface area contributed by atoms with E-state index in [-0.39, 0.29) is 11.9 Å². The molecule has 0 aliphatic carbocycles. The fourth-order valence-corrected chi connectivity index (χ4v) is 3.74. The van der Waals surface area contributed by atoms with E-state index in [0.717, 1.165) is 33.6 Å². The Bertz CT molecular complexity index is 780. The molecule has 6 heteroatoms. The molecule has 3 nitrogen and oxygen atoms in total. The average Bonchev–Trinajstić information content (AvgIpc) is 3.02. The molecule has 3 aromatic rings. The molecule has 0 saturated heterocycles. The van der Waals surface area contributed by atoms with Gasteiger partial charge in [0.25, 0.3) is 0 Å². The van der Waals surface area contributed by atoms with Crippen LogP contribution in [0.2, 0.25) is 5.02 Å². The Hall–Kier alpha value is -1.43. The van der Waals surface area contributed by atoms with E-state index in [9.17, 15) is 4.39 Å². The van der Waals surface area contributed by atoms with Gasteiger partial charge in [0.15, 0.2) is 0 Å². The molecule has 0 radical (unpaired) electrons. The summed E-state index contributed by atoms with van der Waals surface area (Å²) in [7, 11) is 0. The van der Waals surface area contributed by atoms with Crippen molar-refractivity contribution in [2.24, 2.45) is 5.73 Å². The fraction of sp³-hybridized carbons (Fsp3) is 0.267. The molecule has 110 valence electrons. The van der Waals surface area contributed by atoms with Crippen LogP contribution in [0, 0.1) is 5.82 Å². The second-order valence-electron chi connectivity index (χ2n) is 4.91. The van der Waals surface area contributed by atoms with Gasteiger partial charge in [-0.15, -0.1) is 11.3 Å². The highest BCUT2D eigenvalue weighted by atomic mass is 35.5. The molecule has 0 bridgehead atoms. The number of benzene rings is 1. The van der Waals surface area contributed by atoms with E-state index in [1.807, 2.05) is 10.7 Å². The molecular formula is C15H15ClFN3S. The molecule has 1 unspecified atom stereocenters. The van der Waals surface area contributed by atoms with Gasteiger partial charge in [-0.05, 0) is 30.0 Å². The zero-order valence-corrected chi connectivity index (χ0v) is 13.1. The van der Waals surface area contributed by atoms with Crippen LogP contribution >= 0.6 is 22.9 Å². The van der Waals surface area contributed by atoms with Crippen LogP contribution in [-0.4, -0.2) is 9.78 Å². The molecule has 3 rings (SSSR count). The number of hydrogen-bond donors (Lipinski definition) is 1. The molecule has 0 spiro atoms. The van der Waals surface area contributed by atoms with Crippen molar-refractivity contribution in [3.8, 4) is 0 Å². The van der Waals surface area contributed by atoms with Crippen LogP contribution in [0.3, 0.4) is 0 Å². The molecule has 0 aliphatic rings. The van der Waals surface area contributed by atoms with Crippen LogP contribution in [-0.2, 0) is 6.54 Å². The lowest BCUT2D eigenvalue weighted by molar-refractivity contribution is 0.561. The van der Waals surface area contributed by atoms with Crippen LogP contribution in [0.15, 0.2) is 30.5 Å². The van der Waals surface area contributed by atoms with Gasteiger partial charge in [0.2, 0.25) is 0 Å². The van der Waals surface area contributed by atoms with Gasteiger partial charge >= 0.3 is 0 Å². The predicted molar refractivity (Wildman–Crippen MR) is 85.3 cm³/mol. The number of nitrogens with zero attached hydrogens (tertiary/aromatic N) is 2. The minimum Gasteiger partial charge on any atom is -0.318 e. The van der Waals surface area contributed by atoms with Crippen molar-refractivity contribution in [2.45, 2.75) is 25.9 Å². The first-order valence-corrected chi connectivity index (χ1v) is 7.95. The van der Waals surface area contributed by atoms with Gasteiger partial charge in [0.1, 0.15) is 5.82 Å². The first-order chi connectivity index (χ1) is 10.1. The molecule has 0 fully saturated rings. The largest absolute Gasteiger partial charge is 0.318 e. The van der Waals surface area contributed by atoms with E-state index >= 15 is 0 Å². The summed E-state index contributed by atoms with van der Waals surface area (Å²) in [6.07, 6.45) is 2.58. The highest BCUT2D eigenvalue weighted by molar-refractivity contribution is 7.19. The molecule has 0 aliphatic heterocycles. The standard InChI is InChI=1S/C15H15ClFN3S/c1-2-5-20-15(11(16)8-19-20)14(18)13-6-9-3-4-10(17)7-12(9)21-13/h3-4,6-8,14H,2,5,18H2,1H3. The van der Waals surface area contributed by atoms with Crippen LogP contribution in [0.5, 0.6) is 0 Å². The molecule has 21 heavy (non-hydrogen) atoms. The van der Waals surface area contributed by atoms with Gasteiger partial charge in [0, 0.05) is 16.1 Å². The monoisotopic (exact) mass is 323 g/mol. The van der Waals surface area contributed by atoms with Crippen molar-refractivity contribution in [1.29, 1.82) is 0 Å². The van der Waals surface area contributed by atoms with E-state index in [4.69, 9.17) is 17.3 Å². The Morgan fingerprint density at radius 2 is 2.24 bits per heavy atom. The van der Waals surface area contributed by atoms with Gasteiger partial charge in [-0.1, -0.05) is 24.6 Å². The summed E-state index contributed by atoms with van der Waals surface area (Å²) >= 11 is 7.72. The van der Waals surface area contributed by atoms with Crippen molar-refractivity contribution in [3.05, 3.63) is 51.9 Å². The topological polar surface area (TPSA) is 43.8 Å². The third-order valence-corrected chi connectivity index (χ3v) is 4.84. The summed E-state index contributed by atoms with van der Waals surface area (Å²) in [5.74, 6) is -0.237. The van der Waals surface area contributed by atoms with E-state index in [0.29, 0.717) is 5.02 Å². The van der Waals surface area contributed by atoms with Gasteiger partial charge in [-0.3, -0.25) is 4.68 Å². The van der Waals surface area contributed by atoms with Crippen molar-refractivity contribution in [1.82, 2.24) is 9.78 Å². The summed E-state index contributed by atoms with van der Waals surface area (Å²) < 4.78 is 16.0. The number of fused-ring (bicyclic) bond motifs is 1. The van der Waals surface area contributed by atoms with Crippen LogP contribution in [0.1, 0.15) is 30.0 Å². The third-order valence-electron chi connectivity index (χ3n) is 3.37. The Kier molecular flexibility index (Phi) is 3.97. The second kappa shape index (κ2) is 5.75. The SMILES string of the molecule is CCCn1ncc(Cl)c1C(N)c1cc2ccc(F)cc2s1. The lowest BCUT2D eigenvalue weighted by atomic mass is 10.1. The molecule has 2 N–H and O–H groups in total. The van der Waals surface area contributed by atoms with Crippen molar-refractivity contribution in [2.75, 3.05) is 0 Å². The Labute approximate surface area is 131 Å². The first kappa shape index (κ1) is 14.5. The van der Waals surface area contributed by atoms with E-state index in [1.54, 1.807) is 12.3 Å². The molecular weight excluding hydrogens is 309 g/mol. The van der Waals surface area contributed by atoms with E-state index in [2.05, 4.69) is 12.0 Å². The van der Waals surface area contributed by atoms with Crippen molar-refractivity contribution >= 4 is 33.0 Å². The Morgan fingerprint density at radius 3 is 3.00 bits per heavy atom. The summed E-state index contributed by atoms with van der Waals surface area (Å²) in [5, 5.41) is 5.83. The van der Waals surface area contributed by atoms with Crippen molar-refractivity contribution in [3.63, 3.8) is 0 Å². The molecule has 2 heterocycles. The zero-order valence-electron chi connectivity index (χ0n) is 11.5. The Balaban J connectivity index is 2.03. The number of aryl methyl sites for hydroxylation is 1. The summed E-state index contributed by atoms with van der Waals surface area (Å²) in [4.78, 5) is 0.954. The summed E-state index contributed by atoms with van der Waals surface area (Å²) in [6, 6.07) is 6.39. The normalized spacial score (nSPS) is 13.0. The highest BCUT2D eigenvalue weighted by Crippen LogP contribution is 2.34. The van der Waals surface area contributed by atoms with Gasteiger partial charge < -0.3 is 5.73 Å². The minimum absolute atomic E-state index is 0.237. The number of rotatable bonds is 4. The molecule has 0 saturated carbocycles. The number of aromatic nitrogens is 2. The van der Waals surface area contributed by atoms with Crippen LogP contribution in [0.4, 0.5) is 4.39 Å². The molecule has 1 aromatic carbocycles. The zero-order chi connectivity index (χ0) is 15.0. The number of nitrogens with two attached hydrogens (primary N) is 1. The summed E-state index contributed by atoms with van der Waals surface area (Å²) in [5.41, 5.74) is 7.18. The average molecular weight is 324 g/mol. The molecule has 0 amide bonds. The third kappa shape index (κ3) is 2.69. The summed E-state index contributed by atoms with van der Waals surface area (Å²) in [6.45, 7) is 2.85. The Morgan fingerprint density at radius 1 is 1.43 bits per heavy atom. The van der Waals surface area contributed by atoms with Gasteiger partial charge in [-0.25, -0.2) is 4.39 Å². The van der Waals surface area contributed by atoms with E-state index in [1.165, 1.54) is 23.5 Å². The maximum Gasteiger partial charge on any atom is 0.124 e. The van der Waals surface area contributed by atoms with Gasteiger partial charge in [0.05, 0.1) is 23.0 Å². The minimum atomic E-state index is -0.355. The maximum absolute atomic E-state index is 13.3. The lowest BCUT2D eigenvalue weighted by Gasteiger charge is -2.13. The molecule has 1 atom stereocenters. The quantitative estimate of drug-likeness (QED) is 0.775. The number of hydrogen-bond acceptors (Lipinski definition) is 3. The number of thiophene rings is 1. The maximum atomic E-state index is 13.3. The van der Waals surface area contributed by atoms with Crippen LogP contribution in [0.25, 0.3) is 10.1 Å². The highest BCUT2D eigenvalue weighted by Gasteiger charge is 2.20. The number of halogens is 2. The lowest BCUT2D eigenvalue weighted by Crippen LogP contribution is -2.17. The van der Waals surface area contributed by atoms with Crippen LogP contribution < -0.4 is 5.73 Å². The molecule has 2 aromatic heterocycles. The predicted octanol–water partition coefficient (Wildman–Crippen LogP) is 4.35. The van der Waals surface area contributed by atoms with Gasteiger partial charge in [-0.2, -0.15) is 5.10 Å². The smallest absolute Gasteiger partial charge is 0.124 e. The fourth-order valence-electron chi connectivity index (χ4n) is 2.38. The first-order valence-electron chi connectivity index (χ1n) is 6.76. The second-order valence-corrected chi connectivity index (χ2v) is 6.43. The van der Waals surface area contributed by atoms with Crippen molar-refractivity contribution < 1.29 is 4.39 Å².